The van der Waals surface area contributed by atoms with Gasteiger partial charge in [0.1, 0.15) is 0 Å². The second-order valence-electron chi connectivity index (χ2n) is 6.29. The van der Waals surface area contributed by atoms with Crippen LogP contribution in [0.3, 0.4) is 0 Å². The molecule has 1 nitrogen and oxygen atoms in total. The van der Waals surface area contributed by atoms with Gasteiger partial charge in [0, 0.05) is 11.1 Å². The van der Waals surface area contributed by atoms with Crippen molar-refractivity contribution < 1.29 is 13.2 Å². The average molecular weight is 351 g/mol. The van der Waals surface area contributed by atoms with Gasteiger partial charge in [-0.25, -0.2) is 0 Å². The maximum Gasteiger partial charge on any atom is 0.416 e. The lowest BCUT2D eigenvalue weighted by Crippen LogP contribution is -2.04. The summed E-state index contributed by atoms with van der Waals surface area (Å²) in [6, 6.07) is 23.3. The fourth-order valence-electron chi connectivity index (χ4n) is 3.29. The molecule has 130 valence electrons. The summed E-state index contributed by atoms with van der Waals surface area (Å²) in [7, 11) is 0. The summed E-state index contributed by atoms with van der Waals surface area (Å²) < 4.78 is 41.4. The number of hydrogen-bond acceptors (Lipinski definition) is 0. The first-order valence-electron chi connectivity index (χ1n) is 8.29. The molecule has 0 saturated heterocycles. The van der Waals surface area contributed by atoms with Crippen molar-refractivity contribution in [1.82, 2.24) is 4.57 Å². The Kier molecular flexibility index (Phi) is 3.83. The van der Waals surface area contributed by atoms with Gasteiger partial charge in [0.15, 0.2) is 0 Å². The summed E-state index contributed by atoms with van der Waals surface area (Å²) in [5, 5.41) is 0.571. The molecule has 3 aromatic carbocycles. The molecule has 0 N–H and O–H groups in total. The topological polar surface area (TPSA) is 4.93 Å². The molecule has 4 heteroatoms. The lowest BCUT2D eigenvalue weighted by atomic mass is 10.1. The number of benzene rings is 3. The molecule has 4 aromatic rings. The van der Waals surface area contributed by atoms with Gasteiger partial charge in [0.2, 0.25) is 0 Å². The van der Waals surface area contributed by atoms with Gasteiger partial charge < -0.3 is 4.57 Å². The maximum absolute atomic E-state index is 13.1. The molecule has 0 bridgehead atoms. The van der Waals surface area contributed by atoms with Crippen molar-refractivity contribution in [1.29, 1.82) is 0 Å². The molecular weight excluding hydrogens is 335 g/mol. The Morgan fingerprint density at radius 1 is 0.769 bits per heavy atom. The van der Waals surface area contributed by atoms with Gasteiger partial charge in [-0.1, -0.05) is 48.5 Å². The highest BCUT2D eigenvalue weighted by Crippen LogP contribution is 2.36. The molecule has 4 rings (SSSR count). The summed E-state index contributed by atoms with van der Waals surface area (Å²) in [5.74, 6) is 0. The van der Waals surface area contributed by atoms with Gasteiger partial charge in [0.25, 0.3) is 0 Å². The number of fused-ring (bicyclic) bond motifs is 1. The van der Waals surface area contributed by atoms with Crippen molar-refractivity contribution in [2.75, 3.05) is 0 Å². The Morgan fingerprint density at radius 2 is 1.46 bits per heavy atom. The highest BCUT2D eigenvalue weighted by Gasteiger charge is 2.31. The molecule has 1 heterocycles. The van der Waals surface area contributed by atoms with Crippen LogP contribution < -0.4 is 0 Å². The summed E-state index contributed by atoms with van der Waals surface area (Å²) in [5.41, 5.74) is 3.97. The second-order valence-corrected chi connectivity index (χ2v) is 6.29. The Labute approximate surface area is 149 Å². The number of aromatic nitrogens is 1. The number of para-hydroxylation sites is 1. The molecule has 26 heavy (non-hydrogen) atoms. The van der Waals surface area contributed by atoms with E-state index in [9.17, 15) is 13.2 Å². The van der Waals surface area contributed by atoms with Crippen LogP contribution in [0.5, 0.6) is 0 Å². The minimum absolute atomic E-state index is 0.571. The lowest BCUT2D eigenvalue weighted by molar-refractivity contribution is -0.137. The number of aryl methyl sites for hydroxylation is 1. The molecule has 0 aliphatic heterocycles. The van der Waals surface area contributed by atoms with E-state index in [4.69, 9.17) is 0 Å². The van der Waals surface area contributed by atoms with Crippen LogP contribution in [0.4, 0.5) is 13.2 Å². The molecular formula is C22H16F3N. The van der Waals surface area contributed by atoms with Crippen LogP contribution in [0.1, 0.15) is 11.1 Å². The zero-order valence-electron chi connectivity index (χ0n) is 14.1. The fraction of sp³-hybridized carbons (Fsp3) is 0.0909. The number of rotatable bonds is 2. The van der Waals surface area contributed by atoms with E-state index in [1.165, 1.54) is 6.07 Å². The monoisotopic (exact) mass is 351 g/mol. The van der Waals surface area contributed by atoms with Gasteiger partial charge in [-0.05, 0) is 48.4 Å². The zero-order valence-corrected chi connectivity index (χ0v) is 14.1. The largest absolute Gasteiger partial charge is 0.416 e. The number of nitrogens with zero attached hydrogens (tertiary/aromatic N) is 1. The van der Waals surface area contributed by atoms with Crippen molar-refractivity contribution in [3.8, 4) is 16.9 Å². The van der Waals surface area contributed by atoms with Crippen molar-refractivity contribution in [2.45, 2.75) is 13.1 Å². The molecule has 0 fully saturated rings. The molecule has 0 aliphatic carbocycles. The highest BCUT2D eigenvalue weighted by atomic mass is 19.4. The number of hydrogen-bond donors (Lipinski definition) is 0. The Morgan fingerprint density at radius 3 is 2.15 bits per heavy atom. The molecule has 0 radical (unpaired) electrons. The lowest BCUT2D eigenvalue weighted by Gasteiger charge is -2.14. The van der Waals surface area contributed by atoms with E-state index < -0.39 is 11.7 Å². The minimum Gasteiger partial charge on any atom is -0.309 e. The fourth-order valence-corrected chi connectivity index (χ4v) is 3.29. The third kappa shape index (κ3) is 2.77. The number of halogens is 3. The normalized spacial score (nSPS) is 11.8. The van der Waals surface area contributed by atoms with Crippen LogP contribution >= 0.6 is 0 Å². The Bertz CT molecular complexity index is 1080. The first-order valence-corrected chi connectivity index (χ1v) is 8.29. The summed E-state index contributed by atoms with van der Waals surface area (Å²) in [4.78, 5) is 0. The van der Waals surface area contributed by atoms with Crippen LogP contribution in [0.2, 0.25) is 0 Å². The molecule has 0 unspecified atom stereocenters. The van der Waals surface area contributed by atoms with E-state index in [1.807, 2.05) is 72.2 Å². The zero-order chi connectivity index (χ0) is 18.3. The molecule has 0 atom stereocenters. The standard InChI is InChI=1S/C22H16F3N/c1-15-7-5-6-10-19(15)26-20-12-11-18(22(23,24)25)13-17(20)14-21(26)16-8-3-2-4-9-16/h2-14H,1H3. The van der Waals surface area contributed by atoms with Crippen LogP contribution in [0, 0.1) is 6.92 Å². The smallest absolute Gasteiger partial charge is 0.309 e. The van der Waals surface area contributed by atoms with Crippen LogP contribution in [-0.2, 0) is 6.18 Å². The molecule has 0 amide bonds. The minimum atomic E-state index is -4.36. The molecule has 0 saturated carbocycles. The highest BCUT2D eigenvalue weighted by molar-refractivity contribution is 5.90. The van der Waals surface area contributed by atoms with E-state index in [2.05, 4.69) is 0 Å². The predicted octanol–water partition coefficient (Wildman–Crippen LogP) is 6.62. The van der Waals surface area contributed by atoms with Crippen molar-refractivity contribution >= 4 is 10.9 Å². The SMILES string of the molecule is Cc1ccccc1-n1c(-c2ccccc2)cc2cc(C(F)(F)F)ccc21. The predicted molar refractivity (Wildman–Crippen MR) is 98.5 cm³/mol. The number of alkyl halides is 3. The maximum atomic E-state index is 13.1. The van der Waals surface area contributed by atoms with Crippen molar-refractivity contribution in [3.05, 3.63) is 90.0 Å². The summed E-state index contributed by atoms with van der Waals surface area (Å²) >= 11 is 0. The van der Waals surface area contributed by atoms with Gasteiger partial charge in [0.05, 0.1) is 16.8 Å². The molecule has 0 aliphatic rings. The van der Waals surface area contributed by atoms with Crippen molar-refractivity contribution in [3.63, 3.8) is 0 Å². The first-order chi connectivity index (χ1) is 12.4. The van der Waals surface area contributed by atoms with E-state index in [-0.39, 0.29) is 0 Å². The Balaban J connectivity index is 2.05. The van der Waals surface area contributed by atoms with Gasteiger partial charge in [-0.3, -0.25) is 0 Å². The quantitative estimate of drug-likeness (QED) is 0.382. The van der Waals surface area contributed by atoms with E-state index >= 15 is 0 Å². The summed E-state index contributed by atoms with van der Waals surface area (Å²) in [6.07, 6.45) is -4.36. The second kappa shape index (κ2) is 6.06. The third-order valence-corrected chi connectivity index (χ3v) is 4.55. The van der Waals surface area contributed by atoms with Crippen molar-refractivity contribution in [2.24, 2.45) is 0 Å². The molecule has 1 aromatic heterocycles. The van der Waals surface area contributed by atoms with E-state index in [0.717, 1.165) is 34.1 Å². The Hall–Kier alpha value is -3.01. The average Bonchev–Trinajstić information content (AvgIpc) is 3.01. The van der Waals surface area contributed by atoms with E-state index in [1.54, 1.807) is 6.07 Å². The first kappa shape index (κ1) is 16.5. The summed E-state index contributed by atoms with van der Waals surface area (Å²) in [6.45, 7) is 2.00. The molecule has 0 spiro atoms. The van der Waals surface area contributed by atoms with Crippen LogP contribution in [0.15, 0.2) is 78.9 Å². The van der Waals surface area contributed by atoms with Gasteiger partial charge in [-0.15, -0.1) is 0 Å². The van der Waals surface area contributed by atoms with Gasteiger partial charge >= 0.3 is 6.18 Å². The van der Waals surface area contributed by atoms with Crippen LogP contribution in [-0.4, -0.2) is 4.57 Å². The van der Waals surface area contributed by atoms with Gasteiger partial charge in [-0.2, -0.15) is 13.2 Å². The third-order valence-electron chi connectivity index (χ3n) is 4.55. The van der Waals surface area contributed by atoms with E-state index in [0.29, 0.717) is 5.39 Å². The van der Waals surface area contributed by atoms with Crippen LogP contribution in [0.25, 0.3) is 27.8 Å².